The molecular formula is C25H34N4O3S. The molecule has 1 aliphatic carbocycles. The number of hydrogen-bond acceptors (Lipinski definition) is 6. The Morgan fingerprint density at radius 3 is 2.58 bits per heavy atom. The topological polar surface area (TPSA) is 88.8 Å². The van der Waals surface area contributed by atoms with E-state index in [1.165, 1.54) is 11.3 Å². The number of nitrogens with two attached hydrogens (primary N) is 1. The third kappa shape index (κ3) is 5.66. The van der Waals surface area contributed by atoms with Crippen molar-refractivity contribution in [3.8, 4) is 5.75 Å². The predicted octanol–water partition coefficient (Wildman–Crippen LogP) is 4.59. The van der Waals surface area contributed by atoms with Gasteiger partial charge in [-0.15, -0.1) is 11.3 Å². The van der Waals surface area contributed by atoms with E-state index in [0.717, 1.165) is 64.3 Å². The van der Waals surface area contributed by atoms with Crippen LogP contribution in [0.4, 0.5) is 5.13 Å². The summed E-state index contributed by atoms with van der Waals surface area (Å²) in [5, 5.41) is 2.15. The first-order chi connectivity index (χ1) is 16.0. The number of aromatic nitrogens is 1. The minimum absolute atomic E-state index is 0.0151. The molecule has 0 bridgehead atoms. The Morgan fingerprint density at radius 2 is 1.79 bits per heavy atom. The number of carbonyl (C=O) groups excluding carboxylic acids is 2. The lowest BCUT2D eigenvalue weighted by Gasteiger charge is -2.40. The molecule has 2 N–H and O–H groups in total. The van der Waals surface area contributed by atoms with Gasteiger partial charge in [0.2, 0.25) is 0 Å². The Hall–Kier alpha value is -2.61. The maximum atomic E-state index is 13.5. The monoisotopic (exact) mass is 470 g/mol. The molecule has 0 spiro atoms. The number of thiazole rings is 1. The van der Waals surface area contributed by atoms with Gasteiger partial charge in [-0.1, -0.05) is 37.8 Å². The summed E-state index contributed by atoms with van der Waals surface area (Å²) < 4.78 is 6.53. The first kappa shape index (κ1) is 23.5. The zero-order chi connectivity index (χ0) is 23.2. The smallest absolute Gasteiger partial charge is 0.273 e. The fraction of sp³-hybridized carbons (Fsp3) is 0.560. The normalized spacial score (nSPS) is 23.0. The van der Waals surface area contributed by atoms with Gasteiger partial charge < -0.3 is 20.3 Å². The van der Waals surface area contributed by atoms with E-state index in [9.17, 15) is 9.59 Å². The van der Waals surface area contributed by atoms with Crippen molar-refractivity contribution in [2.75, 3.05) is 25.9 Å². The van der Waals surface area contributed by atoms with Crippen molar-refractivity contribution in [2.24, 2.45) is 0 Å². The van der Waals surface area contributed by atoms with Gasteiger partial charge in [-0.2, -0.15) is 0 Å². The molecule has 7 nitrogen and oxygen atoms in total. The summed E-state index contributed by atoms with van der Waals surface area (Å²) in [5.41, 5.74) is 6.82. The highest BCUT2D eigenvalue weighted by Gasteiger charge is 2.36. The second-order valence-corrected chi connectivity index (χ2v) is 9.96. The van der Waals surface area contributed by atoms with Crippen LogP contribution in [0.3, 0.4) is 0 Å². The number of para-hydroxylation sites is 1. The second kappa shape index (κ2) is 11.0. The van der Waals surface area contributed by atoms with E-state index in [4.69, 9.17) is 10.5 Å². The van der Waals surface area contributed by atoms with Crippen molar-refractivity contribution >= 4 is 28.3 Å². The van der Waals surface area contributed by atoms with Crippen LogP contribution in [0.15, 0.2) is 29.6 Å². The number of benzene rings is 1. The van der Waals surface area contributed by atoms with Crippen molar-refractivity contribution < 1.29 is 14.3 Å². The van der Waals surface area contributed by atoms with E-state index >= 15 is 0 Å². The lowest BCUT2D eigenvalue weighted by atomic mass is 9.90. The van der Waals surface area contributed by atoms with Crippen LogP contribution in [0.2, 0.25) is 0 Å². The summed E-state index contributed by atoms with van der Waals surface area (Å²) in [7, 11) is 1.86. The molecule has 0 unspecified atom stereocenters. The molecule has 2 aliphatic rings. The lowest BCUT2D eigenvalue weighted by Crippen LogP contribution is -2.51. The van der Waals surface area contributed by atoms with Crippen molar-refractivity contribution in [2.45, 2.75) is 69.9 Å². The number of amides is 2. The van der Waals surface area contributed by atoms with Gasteiger partial charge in [-0.3, -0.25) is 9.59 Å². The van der Waals surface area contributed by atoms with Crippen LogP contribution in [0.25, 0.3) is 0 Å². The second-order valence-electron chi connectivity index (χ2n) is 9.07. The fourth-order valence-corrected chi connectivity index (χ4v) is 5.44. The molecule has 1 saturated carbocycles. The molecule has 1 aromatic heterocycles. The van der Waals surface area contributed by atoms with Gasteiger partial charge in [0.05, 0.1) is 11.6 Å². The molecule has 0 saturated heterocycles. The van der Waals surface area contributed by atoms with Crippen LogP contribution in [-0.4, -0.2) is 58.9 Å². The SMILES string of the molecule is CN1CCCCCCCN(C(=O)c2csc(N)n2)[C@@H]2CCCC[C@@H]2Oc2ccccc2C1=O. The first-order valence-corrected chi connectivity index (χ1v) is 13.0. The molecule has 33 heavy (non-hydrogen) atoms. The summed E-state index contributed by atoms with van der Waals surface area (Å²) in [4.78, 5) is 34.7. The molecule has 2 aromatic rings. The zero-order valence-corrected chi connectivity index (χ0v) is 20.2. The van der Waals surface area contributed by atoms with Crippen LogP contribution in [0, 0.1) is 0 Å². The highest BCUT2D eigenvalue weighted by atomic mass is 32.1. The van der Waals surface area contributed by atoms with Crippen LogP contribution in [0.5, 0.6) is 5.75 Å². The van der Waals surface area contributed by atoms with Crippen LogP contribution in [-0.2, 0) is 0 Å². The molecule has 8 heteroatoms. The number of nitrogen functional groups attached to an aromatic ring is 1. The van der Waals surface area contributed by atoms with Crippen molar-refractivity contribution in [1.82, 2.24) is 14.8 Å². The van der Waals surface area contributed by atoms with E-state index in [2.05, 4.69) is 4.98 Å². The van der Waals surface area contributed by atoms with Gasteiger partial charge in [0.25, 0.3) is 11.8 Å². The molecule has 2 amide bonds. The maximum Gasteiger partial charge on any atom is 0.273 e. The van der Waals surface area contributed by atoms with Crippen molar-refractivity contribution in [3.05, 3.63) is 40.9 Å². The summed E-state index contributed by atoms with van der Waals surface area (Å²) in [6, 6.07) is 7.44. The molecule has 0 radical (unpaired) electrons. The summed E-state index contributed by atoms with van der Waals surface area (Å²) in [6.07, 6.45) is 8.80. The Labute approximate surface area is 199 Å². The quantitative estimate of drug-likeness (QED) is 0.658. The van der Waals surface area contributed by atoms with Crippen molar-refractivity contribution in [3.63, 3.8) is 0 Å². The third-order valence-corrected chi connectivity index (χ3v) is 7.38. The van der Waals surface area contributed by atoms with E-state index in [1.807, 2.05) is 36.2 Å². The van der Waals surface area contributed by atoms with E-state index in [1.54, 1.807) is 10.3 Å². The van der Waals surface area contributed by atoms with E-state index in [-0.39, 0.29) is 24.0 Å². The molecular weight excluding hydrogens is 436 g/mol. The molecule has 1 aromatic carbocycles. The number of hydrogen-bond donors (Lipinski definition) is 1. The Balaban J connectivity index is 1.66. The Kier molecular flexibility index (Phi) is 7.85. The number of nitrogens with zero attached hydrogens (tertiary/aromatic N) is 3. The molecule has 2 heterocycles. The molecule has 1 fully saturated rings. The van der Waals surface area contributed by atoms with Gasteiger partial charge in [-0.05, 0) is 44.2 Å². The van der Waals surface area contributed by atoms with Gasteiger partial charge in [-0.25, -0.2) is 4.98 Å². The van der Waals surface area contributed by atoms with Crippen molar-refractivity contribution in [1.29, 1.82) is 0 Å². The number of fused-ring (bicyclic) bond motifs is 2. The van der Waals surface area contributed by atoms with Gasteiger partial charge in [0.15, 0.2) is 5.13 Å². The lowest BCUT2D eigenvalue weighted by molar-refractivity contribution is 0.0267. The molecule has 2 atom stereocenters. The number of ether oxygens (including phenoxy) is 1. The predicted molar refractivity (Wildman–Crippen MR) is 131 cm³/mol. The first-order valence-electron chi connectivity index (χ1n) is 12.1. The molecule has 1 aliphatic heterocycles. The summed E-state index contributed by atoms with van der Waals surface area (Å²) in [6.45, 7) is 1.41. The molecule has 4 rings (SSSR count). The third-order valence-electron chi connectivity index (χ3n) is 6.70. The van der Waals surface area contributed by atoms with Gasteiger partial charge >= 0.3 is 0 Å². The maximum absolute atomic E-state index is 13.5. The zero-order valence-electron chi connectivity index (χ0n) is 19.4. The standard InChI is InChI=1S/C25H34N4O3S/c1-28-15-9-3-2-4-10-16-29(24(31)19-17-33-25(26)27-19)20-12-6-8-14-22(20)32-21-13-7-5-11-18(21)23(28)30/h5,7,11,13,17,20,22H,2-4,6,8-10,12,14-16H2,1H3,(H2,26,27)/t20-,22+/m1/s1. The number of rotatable bonds is 1. The van der Waals surface area contributed by atoms with Gasteiger partial charge in [0, 0.05) is 25.5 Å². The Morgan fingerprint density at radius 1 is 1.06 bits per heavy atom. The average Bonchev–Trinajstić information content (AvgIpc) is 3.26. The Bertz CT molecular complexity index is 963. The highest BCUT2D eigenvalue weighted by Crippen LogP contribution is 2.31. The largest absolute Gasteiger partial charge is 0.487 e. The van der Waals surface area contributed by atoms with Crippen LogP contribution >= 0.6 is 11.3 Å². The van der Waals surface area contributed by atoms with Crippen LogP contribution in [0.1, 0.15) is 78.6 Å². The average molecular weight is 471 g/mol. The van der Waals surface area contributed by atoms with Crippen LogP contribution < -0.4 is 10.5 Å². The summed E-state index contributed by atoms with van der Waals surface area (Å²) >= 11 is 1.29. The minimum atomic E-state index is -0.164. The minimum Gasteiger partial charge on any atom is -0.487 e. The van der Waals surface area contributed by atoms with E-state index < -0.39 is 0 Å². The van der Waals surface area contributed by atoms with E-state index in [0.29, 0.717) is 28.7 Å². The molecule has 178 valence electrons. The number of carbonyl (C=O) groups is 2. The fourth-order valence-electron chi connectivity index (χ4n) is 4.90. The summed E-state index contributed by atoms with van der Waals surface area (Å²) in [5.74, 6) is 0.516. The highest BCUT2D eigenvalue weighted by molar-refractivity contribution is 7.13. The van der Waals surface area contributed by atoms with Gasteiger partial charge in [0.1, 0.15) is 17.5 Å². The number of anilines is 1.